The molecule has 0 spiro atoms. The van der Waals surface area contributed by atoms with Crippen LogP contribution < -0.4 is 5.73 Å². The van der Waals surface area contributed by atoms with Crippen molar-refractivity contribution >= 4 is 17.6 Å². The molecule has 0 saturated carbocycles. The van der Waals surface area contributed by atoms with Crippen LogP contribution in [0, 0.1) is 0 Å². The van der Waals surface area contributed by atoms with Gasteiger partial charge in [-0.15, -0.1) is 0 Å². The number of nitrogen functional groups attached to an aromatic ring is 1. The van der Waals surface area contributed by atoms with Crippen LogP contribution in [0.1, 0.15) is 59.9 Å². The Morgan fingerprint density at radius 1 is 0.917 bits per heavy atom. The highest BCUT2D eigenvalue weighted by Crippen LogP contribution is 2.40. The molecule has 0 radical (unpaired) electrons. The van der Waals surface area contributed by atoms with Crippen molar-refractivity contribution in [1.82, 2.24) is 0 Å². The predicted molar refractivity (Wildman–Crippen MR) is 93.5 cm³/mol. The number of esters is 2. The number of hydrogen-bond donors (Lipinski definition) is 1. The zero-order valence-corrected chi connectivity index (χ0v) is 14.5. The standard InChI is InChI=1S/C19H23NO4/c1-5-23-18(21)15-13-9-7-12(11(3)4)8-10-14(13)16(17(15)20)19(22)24-6-2/h7-11H,5-6,20H2,1-4H3. The molecule has 0 saturated heterocycles. The molecule has 0 amide bonds. The van der Waals surface area contributed by atoms with E-state index in [1.54, 1.807) is 13.8 Å². The third-order valence-electron chi connectivity index (χ3n) is 3.88. The summed E-state index contributed by atoms with van der Waals surface area (Å²) in [6.07, 6.45) is 0. The number of ether oxygens (including phenoxy) is 2. The summed E-state index contributed by atoms with van der Waals surface area (Å²) in [5.41, 5.74) is 8.96. The van der Waals surface area contributed by atoms with E-state index in [0.717, 1.165) is 5.56 Å². The van der Waals surface area contributed by atoms with Gasteiger partial charge in [-0.05, 0) is 36.5 Å². The monoisotopic (exact) mass is 329 g/mol. The summed E-state index contributed by atoms with van der Waals surface area (Å²) < 4.78 is 10.2. The summed E-state index contributed by atoms with van der Waals surface area (Å²) >= 11 is 0. The van der Waals surface area contributed by atoms with Crippen LogP contribution in [-0.4, -0.2) is 25.2 Å². The lowest BCUT2D eigenvalue weighted by molar-refractivity contribution is 0.0525. The summed E-state index contributed by atoms with van der Waals surface area (Å²) in [4.78, 5) is 24.7. The Morgan fingerprint density at radius 3 is 1.67 bits per heavy atom. The van der Waals surface area contributed by atoms with Gasteiger partial charge < -0.3 is 15.2 Å². The van der Waals surface area contributed by atoms with E-state index < -0.39 is 11.9 Å². The van der Waals surface area contributed by atoms with Crippen LogP contribution in [0.2, 0.25) is 0 Å². The molecule has 5 nitrogen and oxygen atoms in total. The number of anilines is 1. The molecule has 24 heavy (non-hydrogen) atoms. The van der Waals surface area contributed by atoms with Gasteiger partial charge in [0, 0.05) is 0 Å². The molecule has 2 aliphatic carbocycles. The summed E-state index contributed by atoms with van der Waals surface area (Å²) in [5, 5.41) is 0. The molecule has 0 unspecified atom stereocenters. The van der Waals surface area contributed by atoms with Crippen molar-refractivity contribution in [1.29, 1.82) is 0 Å². The SMILES string of the molecule is CCOC(=O)c1c2ccc(C(C)C)ccc-2c(C(=O)OCC)c1N. The molecule has 0 heterocycles. The highest BCUT2D eigenvalue weighted by atomic mass is 16.5. The lowest BCUT2D eigenvalue weighted by atomic mass is 10.1. The Hall–Kier alpha value is -2.56. The number of fused-ring (bicyclic) bond motifs is 1. The van der Waals surface area contributed by atoms with Gasteiger partial charge in [0.15, 0.2) is 0 Å². The van der Waals surface area contributed by atoms with E-state index in [1.807, 2.05) is 24.3 Å². The van der Waals surface area contributed by atoms with Crippen molar-refractivity contribution in [2.75, 3.05) is 18.9 Å². The molecule has 0 atom stereocenters. The Kier molecular flexibility index (Phi) is 5.44. The second kappa shape index (κ2) is 7.34. The fourth-order valence-corrected chi connectivity index (χ4v) is 2.68. The first-order valence-electron chi connectivity index (χ1n) is 8.11. The molecule has 5 heteroatoms. The summed E-state index contributed by atoms with van der Waals surface area (Å²) in [6, 6.07) is 7.50. The Labute approximate surface area is 142 Å². The molecule has 0 aromatic heterocycles. The van der Waals surface area contributed by atoms with Crippen LogP contribution in [0.25, 0.3) is 11.1 Å². The largest absolute Gasteiger partial charge is 0.462 e. The van der Waals surface area contributed by atoms with E-state index in [0.29, 0.717) is 17.0 Å². The van der Waals surface area contributed by atoms with Crippen molar-refractivity contribution in [2.45, 2.75) is 33.6 Å². The molecule has 0 aromatic rings. The zero-order chi connectivity index (χ0) is 17.9. The van der Waals surface area contributed by atoms with E-state index >= 15 is 0 Å². The molecule has 0 aliphatic heterocycles. The van der Waals surface area contributed by atoms with Crippen LogP contribution in [0.4, 0.5) is 5.69 Å². The van der Waals surface area contributed by atoms with Crippen LogP contribution in [0.5, 0.6) is 0 Å². The average Bonchev–Trinajstić information content (AvgIpc) is 2.66. The van der Waals surface area contributed by atoms with E-state index in [-0.39, 0.29) is 30.0 Å². The Balaban J connectivity index is 2.74. The third kappa shape index (κ3) is 3.20. The maximum Gasteiger partial charge on any atom is 0.340 e. The van der Waals surface area contributed by atoms with Crippen molar-refractivity contribution in [2.24, 2.45) is 0 Å². The first-order valence-corrected chi connectivity index (χ1v) is 8.11. The fraction of sp³-hybridized carbons (Fsp3) is 0.368. The smallest absolute Gasteiger partial charge is 0.340 e. The summed E-state index contributed by atoms with van der Waals surface area (Å²) in [7, 11) is 0. The van der Waals surface area contributed by atoms with E-state index in [2.05, 4.69) is 13.8 Å². The fourth-order valence-electron chi connectivity index (χ4n) is 2.68. The minimum atomic E-state index is -0.534. The van der Waals surface area contributed by atoms with Crippen LogP contribution in [0.3, 0.4) is 0 Å². The molecule has 0 bridgehead atoms. The quantitative estimate of drug-likeness (QED) is 0.843. The lowest BCUT2D eigenvalue weighted by Gasteiger charge is -2.04. The Bertz CT molecular complexity index is 681. The van der Waals surface area contributed by atoms with Crippen molar-refractivity contribution < 1.29 is 19.1 Å². The molecular weight excluding hydrogens is 306 g/mol. The van der Waals surface area contributed by atoms with Gasteiger partial charge in [0.1, 0.15) is 0 Å². The highest BCUT2D eigenvalue weighted by Gasteiger charge is 2.30. The van der Waals surface area contributed by atoms with Gasteiger partial charge in [0.2, 0.25) is 0 Å². The number of rotatable bonds is 5. The van der Waals surface area contributed by atoms with Gasteiger partial charge in [-0.2, -0.15) is 0 Å². The summed E-state index contributed by atoms with van der Waals surface area (Å²) in [5.74, 6) is -0.753. The van der Waals surface area contributed by atoms with Gasteiger partial charge in [0.25, 0.3) is 0 Å². The minimum Gasteiger partial charge on any atom is -0.462 e. The summed E-state index contributed by atoms with van der Waals surface area (Å²) in [6.45, 7) is 8.07. The number of hydrogen-bond acceptors (Lipinski definition) is 5. The number of carbonyl (C=O) groups is 2. The molecule has 128 valence electrons. The number of carbonyl (C=O) groups excluding carboxylic acids is 2. The van der Waals surface area contributed by atoms with E-state index in [4.69, 9.17) is 15.2 Å². The zero-order valence-electron chi connectivity index (χ0n) is 14.5. The topological polar surface area (TPSA) is 78.6 Å². The van der Waals surface area contributed by atoms with Gasteiger partial charge >= 0.3 is 11.9 Å². The molecule has 2 aliphatic rings. The second-order valence-electron chi connectivity index (χ2n) is 5.75. The van der Waals surface area contributed by atoms with Crippen molar-refractivity contribution in [3.8, 4) is 11.1 Å². The second-order valence-corrected chi connectivity index (χ2v) is 5.75. The van der Waals surface area contributed by atoms with Gasteiger partial charge in [-0.3, -0.25) is 0 Å². The molecular formula is C19H23NO4. The van der Waals surface area contributed by atoms with Gasteiger partial charge in [0.05, 0.1) is 30.0 Å². The normalized spacial score (nSPS) is 10.9. The van der Waals surface area contributed by atoms with Gasteiger partial charge in [-0.25, -0.2) is 9.59 Å². The molecule has 2 N–H and O–H groups in total. The molecule has 0 fully saturated rings. The van der Waals surface area contributed by atoms with Crippen LogP contribution >= 0.6 is 0 Å². The third-order valence-corrected chi connectivity index (χ3v) is 3.88. The predicted octanol–water partition coefficient (Wildman–Crippen LogP) is 3.85. The molecule has 2 rings (SSSR count). The first-order chi connectivity index (χ1) is 11.4. The van der Waals surface area contributed by atoms with Crippen LogP contribution in [0.15, 0.2) is 24.3 Å². The minimum absolute atomic E-state index is 0.110. The van der Waals surface area contributed by atoms with Crippen molar-refractivity contribution in [3.05, 3.63) is 41.0 Å². The average molecular weight is 329 g/mol. The first kappa shape index (κ1) is 17.8. The maximum atomic E-state index is 12.3. The van der Waals surface area contributed by atoms with Gasteiger partial charge in [-0.1, -0.05) is 38.1 Å². The number of nitrogens with two attached hydrogens (primary N) is 1. The molecule has 0 aromatic carbocycles. The van der Waals surface area contributed by atoms with Crippen molar-refractivity contribution in [3.63, 3.8) is 0 Å². The maximum absolute atomic E-state index is 12.3. The Morgan fingerprint density at radius 2 is 1.33 bits per heavy atom. The van der Waals surface area contributed by atoms with E-state index in [1.165, 1.54) is 0 Å². The van der Waals surface area contributed by atoms with E-state index in [9.17, 15) is 9.59 Å². The lowest BCUT2D eigenvalue weighted by Crippen LogP contribution is -2.09. The van der Waals surface area contributed by atoms with Crippen LogP contribution in [-0.2, 0) is 9.47 Å². The highest BCUT2D eigenvalue weighted by molar-refractivity contribution is 6.15.